The van der Waals surface area contributed by atoms with Crippen LogP contribution in [0.3, 0.4) is 0 Å². The second-order valence-corrected chi connectivity index (χ2v) is 4.04. The van der Waals surface area contributed by atoms with Crippen molar-refractivity contribution in [3.8, 4) is 0 Å². The van der Waals surface area contributed by atoms with Gasteiger partial charge in [-0.2, -0.15) is 0 Å². The molecule has 1 heterocycles. The fraction of sp³-hybridized carbons (Fsp3) is 0.889. The average molecular weight is 169 g/mol. The van der Waals surface area contributed by atoms with E-state index in [-0.39, 0.29) is 5.92 Å². The first kappa shape index (κ1) is 8.05. The molecule has 2 fully saturated rings. The zero-order chi connectivity index (χ0) is 8.72. The van der Waals surface area contributed by atoms with Crippen LogP contribution in [0.2, 0.25) is 0 Å². The van der Waals surface area contributed by atoms with E-state index in [1.54, 1.807) is 0 Å². The van der Waals surface area contributed by atoms with Gasteiger partial charge in [0.25, 0.3) is 0 Å². The van der Waals surface area contributed by atoms with E-state index < -0.39 is 5.97 Å². The van der Waals surface area contributed by atoms with E-state index in [0.29, 0.717) is 12.0 Å². The molecule has 0 radical (unpaired) electrons. The molecule has 1 saturated heterocycles. The maximum absolute atomic E-state index is 10.9. The van der Waals surface area contributed by atoms with E-state index in [4.69, 9.17) is 5.11 Å². The van der Waals surface area contributed by atoms with Gasteiger partial charge >= 0.3 is 5.97 Å². The number of carbonyl (C=O) groups is 1. The minimum atomic E-state index is -0.601. The number of carboxylic acids is 1. The van der Waals surface area contributed by atoms with Crippen molar-refractivity contribution >= 4 is 5.97 Å². The van der Waals surface area contributed by atoms with E-state index >= 15 is 0 Å². The summed E-state index contributed by atoms with van der Waals surface area (Å²) in [4.78, 5) is 13.1. The van der Waals surface area contributed by atoms with E-state index in [0.717, 1.165) is 13.0 Å². The summed E-state index contributed by atoms with van der Waals surface area (Å²) in [5, 5.41) is 8.95. The molecule has 2 aliphatic rings. The highest BCUT2D eigenvalue weighted by Gasteiger charge is 2.45. The standard InChI is InChI=1S/C9H15NO2/c1-10-5-4-7(9(11)12)8(10)6-2-3-6/h6-8H,2-5H2,1H3,(H,11,12). The SMILES string of the molecule is CN1CCC(C(=O)O)C1C1CC1. The molecule has 2 unspecified atom stereocenters. The summed E-state index contributed by atoms with van der Waals surface area (Å²) >= 11 is 0. The van der Waals surface area contributed by atoms with Gasteiger partial charge in [0, 0.05) is 6.04 Å². The van der Waals surface area contributed by atoms with Gasteiger partial charge in [0.2, 0.25) is 0 Å². The van der Waals surface area contributed by atoms with Crippen molar-refractivity contribution in [1.82, 2.24) is 4.90 Å². The maximum atomic E-state index is 10.9. The molecule has 12 heavy (non-hydrogen) atoms. The van der Waals surface area contributed by atoms with Crippen molar-refractivity contribution in [1.29, 1.82) is 0 Å². The fourth-order valence-corrected chi connectivity index (χ4v) is 2.37. The van der Waals surface area contributed by atoms with Crippen LogP contribution in [-0.2, 0) is 4.79 Å². The first-order chi connectivity index (χ1) is 5.70. The Morgan fingerprint density at radius 2 is 2.08 bits per heavy atom. The monoisotopic (exact) mass is 169 g/mol. The minimum absolute atomic E-state index is 0.0949. The van der Waals surface area contributed by atoms with Gasteiger partial charge in [-0.1, -0.05) is 0 Å². The number of likely N-dealkylation sites (tertiary alicyclic amines) is 1. The maximum Gasteiger partial charge on any atom is 0.308 e. The highest BCUT2D eigenvalue weighted by atomic mass is 16.4. The Balaban J connectivity index is 2.08. The Morgan fingerprint density at radius 1 is 1.42 bits per heavy atom. The Morgan fingerprint density at radius 3 is 2.58 bits per heavy atom. The highest BCUT2D eigenvalue weighted by molar-refractivity contribution is 5.71. The van der Waals surface area contributed by atoms with Crippen molar-refractivity contribution < 1.29 is 9.90 Å². The number of rotatable bonds is 2. The van der Waals surface area contributed by atoms with Crippen LogP contribution in [0.25, 0.3) is 0 Å². The lowest BCUT2D eigenvalue weighted by Crippen LogP contribution is -2.34. The molecule has 0 amide bonds. The number of nitrogens with zero attached hydrogens (tertiary/aromatic N) is 1. The van der Waals surface area contributed by atoms with E-state index in [1.807, 2.05) is 7.05 Å². The molecular weight excluding hydrogens is 154 g/mol. The van der Waals surface area contributed by atoms with Gasteiger partial charge in [-0.15, -0.1) is 0 Å². The lowest BCUT2D eigenvalue weighted by molar-refractivity contribution is -0.142. The van der Waals surface area contributed by atoms with Gasteiger partial charge < -0.3 is 10.0 Å². The molecule has 0 spiro atoms. The molecule has 1 N–H and O–H groups in total. The molecule has 0 bridgehead atoms. The molecule has 1 aliphatic heterocycles. The predicted molar refractivity (Wildman–Crippen MR) is 44.9 cm³/mol. The molecule has 0 aromatic carbocycles. The zero-order valence-corrected chi connectivity index (χ0v) is 7.36. The van der Waals surface area contributed by atoms with Crippen LogP contribution in [0, 0.1) is 11.8 Å². The summed E-state index contributed by atoms with van der Waals surface area (Å²) in [5.74, 6) is -0.0163. The second kappa shape index (κ2) is 2.73. The number of hydrogen-bond donors (Lipinski definition) is 1. The summed E-state index contributed by atoms with van der Waals surface area (Å²) in [5.41, 5.74) is 0. The number of hydrogen-bond acceptors (Lipinski definition) is 2. The molecule has 68 valence electrons. The third-order valence-electron chi connectivity index (χ3n) is 3.14. The van der Waals surface area contributed by atoms with Gasteiger partial charge in [-0.25, -0.2) is 0 Å². The Hall–Kier alpha value is -0.570. The Kier molecular flexibility index (Phi) is 1.83. The highest BCUT2D eigenvalue weighted by Crippen LogP contribution is 2.42. The van der Waals surface area contributed by atoms with Crippen molar-refractivity contribution in [3.05, 3.63) is 0 Å². The van der Waals surface area contributed by atoms with Crippen LogP contribution < -0.4 is 0 Å². The van der Waals surface area contributed by atoms with Crippen molar-refractivity contribution in [2.75, 3.05) is 13.6 Å². The zero-order valence-electron chi connectivity index (χ0n) is 7.36. The van der Waals surface area contributed by atoms with Gasteiger partial charge in [0.05, 0.1) is 5.92 Å². The molecule has 1 saturated carbocycles. The number of carboxylic acid groups (broad SMARTS) is 1. The van der Waals surface area contributed by atoms with Crippen LogP contribution in [-0.4, -0.2) is 35.6 Å². The van der Waals surface area contributed by atoms with Crippen molar-refractivity contribution in [2.24, 2.45) is 11.8 Å². The topological polar surface area (TPSA) is 40.5 Å². The molecule has 2 rings (SSSR count). The second-order valence-electron chi connectivity index (χ2n) is 4.04. The van der Waals surface area contributed by atoms with Crippen LogP contribution in [0.4, 0.5) is 0 Å². The quantitative estimate of drug-likeness (QED) is 0.664. The van der Waals surface area contributed by atoms with Crippen LogP contribution in [0.1, 0.15) is 19.3 Å². The third kappa shape index (κ3) is 1.22. The van der Waals surface area contributed by atoms with Crippen LogP contribution in [0.5, 0.6) is 0 Å². The summed E-state index contributed by atoms with van der Waals surface area (Å²) < 4.78 is 0. The molecule has 2 atom stereocenters. The lowest BCUT2D eigenvalue weighted by Gasteiger charge is -2.22. The van der Waals surface area contributed by atoms with Crippen molar-refractivity contribution in [2.45, 2.75) is 25.3 Å². The van der Waals surface area contributed by atoms with E-state index in [2.05, 4.69) is 4.90 Å². The fourth-order valence-electron chi connectivity index (χ4n) is 2.37. The molecule has 3 heteroatoms. The molecule has 1 aliphatic carbocycles. The lowest BCUT2D eigenvalue weighted by atomic mass is 9.97. The van der Waals surface area contributed by atoms with Gasteiger partial charge in [-0.05, 0) is 38.8 Å². The average Bonchev–Trinajstić information content (AvgIpc) is 2.75. The molecular formula is C9H15NO2. The first-order valence-corrected chi connectivity index (χ1v) is 4.63. The van der Waals surface area contributed by atoms with Crippen LogP contribution >= 0.6 is 0 Å². The first-order valence-electron chi connectivity index (χ1n) is 4.63. The normalized spacial score (nSPS) is 37.1. The largest absolute Gasteiger partial charge is 0.481 e. The minimum Gasteiger partial charge on any atom is -0.481 e. The summed E-state index contributed by atoms with van der Waals surface area (Å²) in [6, 6.07) is 0.336. The Bertz CT molecular complexity index is 201. The van der Waals surface area contributed by atoms with E-state index in [9.17, 15) is 4.79 Å². The third-order valence-corrected chi connectivity index (χ3v) is 3.14. The molecule has 3 nitrogen and oxygen atoms in total. The predicted octanol–water partition coefficient (Wildman–Crippen LogP) is 0.801. The van der Waals surface area contributed by atoms with Crippen molar-refractivity contribution in [3.63, 3.8) is 0 Å². The van der Waals surface area contributed by atoms with Gasteiger partial charge in [0.15, 0.2) is 0 Å². The molecule has 0 aromatic rings. The van der Waals surface area contributed by atoms with Gasteiger partial charge in [0.1, 0.15) is 0 Å². The Labute approximate surface area is 72.4 Å². The molecule has 0 aromatic heterocycles. The summed E-state index contributed by atoms with van der Waals surface area (Å²) in [6.45, 7) is 0.956. The van der Waals surface area contributed by atoms with Crippen LogP contribution in [0.15, 0.2) is 0 Å². The summed E-state index contributed by atoms with van der Waals surface area (Å²) in [7, 11) is 2.05. The van der Waals surface area contributed by atoms with Gasteiger partial charge in [-0.3, -0.25) is 4.79 Å². The van der Waals surface area contributed by atoms with E-state index in [1.165, 1.54) is 12.8 Å². The smallest absolute Gasteiger partial charge is 0.308 e. The number of aliphatic carboxylic acids is 1. The summed E-state index contributed by atoms with van der Waals surface area (Å²) in [6.07, 6.45) is 3.31.